The maximum atomic E-state index is 13.4. The molecule has 0 saturated carbocycles. The van der Waals surface area contributed by atoms with Crippen molar-refractivity contribution in [1.29, 1.82) is 0 Å². The van der Waals surface area contributed by atoms with Gasteiger partial charge in [-0.25, -0.2) is 4.39 Å². The van der Waals surface area contributed by atoms with E-state index in [-0.39, 0.29) is 17.7 Å². The Morgan fingerprint density at radius 3 is 3.14 bits per heavy atom. The number of aromatic nitrogens is 2. The molecule has 1 saturated heterocycles. The standard InChI is InChI=1S/C14H15FN4O2/c1-8-9(15)4-2-5-10(8)17-13(20)12-18-14(21-19-12)11-6-3-7-16-11/h2,4-5,11,16H,3,6-7H2,1H3,(H,17,20). The van der Waals surface area contributed by atoms with Crippen molar-refractivity contribution < 1.29 is 13.7 Å². The van der Waals surface area contributed by atoms with Crippen molar-refractivity contribution in [2.24, 2.45) is 0 Å². The summed E-state index contributed by atoms with van der Waals surface area (Å²) in [6.07, 6.45) is 1.95. The first-order chi connectivity index (χ1) is 10.1. The summed E-state index contributed by atoms with van der Waals surface area (Å²) in [5, 5.41) is 9.48. The van der Waals surface area contributed by atoms with Gasteiger partial charge in [0.2, 0.25) is 5.89 Å². The molecule has 2 aromatic rings. The molecular weight excluding hydrogens is 275 g/mol. The van der Waals surface area contributed by atoms with Crippen LogP contribution >= 0.6 is 0 Å². The van der Waals surface area contributed by atoms with E-state index in [1.807, 2.05) is 0 Å². The lowest BCUT2D eigenvalue weighted by Crippen LogP contribution is -2.16. The van der Waals surface area contributed by atoms with Crippen molar-refractivity contribution in [3.05, 3.63) is 41.3 Å². The number of carbonyl (C=O) groups is 1. The van der Waals surface area contributed by atoms with Crippen LogP contribution in [0.3, 0.4) is 0 Å². The second kappa shape index (κ2) is 5.61. The van der Waals surface area contributed by atoms with E-state index in [0.29, 0.717) is 17.1 Å². The number of nitrogens with zero attached hydrogens (tertiary/aromatic N) is 2. The Balaban J connectivity index is 1.75. The second-order valence-corrected chi connectivity index (χ2v) is 4.97. The zero-order valence-corrected chi connectivity index (χ0v) is 11.5. The third kappa shape index (κ3) is 2.78. The van der Waals surface area contributed by atoms with Crippen LogP contribution < -0.4 is 10.6 Å². The van der Waals surface area contributed by atoms with Crippen molar-refractivity contribution in [3.8, 4) is 0 Å². The van der Waals surface area contributed by atoms with Gasteiger partial charge in [-0.05, 0) is 38.4 Å². The lowest BCUT2D eigenvalue weighted by atomic mass is 10.2. The van der Waals surface area contributed by atoms with Gasteiger partial charge in [-0.15, -0.1) is 0 Å². The number of rotatable bonds is 3. The monoisotopic (exact) mass is 290 g/mol. The van der Waals surface area contributed by atoms with Gasteiger partial charge in [-0.2, -0.15) is 4.98 Å². The molecule has 6 nitrogen and oxygen atoms in total. The molecule has 1 aliphatic heterocycles. The van der Waals surface area contributed by atoms with Crippen molar-refractivity contribution in [3.63, 3.8) is 0 Å². The van der Waals surface area contributed by atoms with Crippen LogP contribution in [0.5, 0.6) is 0 Å². The number of hydrogen-bond acceptors (Lipinski definition) is 5. The summed E-state index contributed by atoms with van der Waals surface area (Å²) in [6, 6.07) is 4.50. The van der Waals surface area contributed by atoms with Gasteiger partial charge in [0.05, 0.1) is 6.04 Å². The Morgan fingerprint density at radius 1 is 1.52 bits per heavy atom. The molecule has 1 aromatic carbocycles. The first-order valence-corrected chi connectivity index (χ1v) is 6.78. The lowest BCUT2D eigenvalue weighted by Gasteiger charge is -2.06. The highest BCUT2D eigenvalue weighted by Crippen LogP contribution is 2.22. The molecular formula is C14H15FN4O2. The van der Waals surface area contributed by atoms with Crippen molar-refractivity contribution >= 4 is 11.6 Å². The van der Waals surface area contributed by atoms with Gasteiger partial charge in [0.15, 0.2) is 0 Å². The van der Waals surface area contributed by atoms with E-state index in [4.69, 9.17) is 4.52 Å². The highest BCUT2D eigenvalue weighted by Gasteiger charge is 2.24. The highest BCUT2D eigenvalue weighted by molar-refractivity contribution is 6.01. The van der Waals surface area contributed by atoms with E-state index in [9.17, 15) is 9.18 Å². The van der Waals surface area contributed by atoms with Gasteiger partial charge in [-0.1, -0.05) is 11.2 Å². The van der Waals surface area contributed by atoms with E-state index in [0.717, 1.165) is 19.4 Å². The van der Waals surface area contributed by atoms with Crippen molar-refractivity contribution in [1.82, 2.24) is 15.5 Å². The summed E-state index contributed by atoms with van der Waals surface area (Å²) < 4.78 is 18.5. The van der Waals surface area contributed by atoms with E-state index in [1.165, 1.54) is 12.1 Å². The molecule has 0 spiro atoms. The van der Waals surface area contributed by atoms with Gasteiger partial charge in [0.1, 0.15) is 5.82 Å². The predicted octanol–water partition coefficient (Wildman–Crippen LogP) is 2.19. The zero-order valence-electron chi connectivity index (χ0n) is 11.5. The molecule has 1 atom stereocenters. The molecule has 21 heavy (non-hydrogen) atoms. The smallest absolute Gasteiger partial charge is 0.297 e. The molecule has 1 amide bonds. The van der Waals surface area contributed by atoms with Crippen molar-refractivity contribution in [2.75, 3.05) is 11.9 Å². The minimum absolute atomic E-state index is 0.00922. The average molecular weight is 290 g/mol. The maximum absolute atomic E-state index is 13.4. The molecule has 110 valence electrons. The summed E-state index contributed by atoms with van der Waals surface area (Å²) in [5.74, 6) is -0.538. The summed E-state index contributed by atoms with van der Waals surface area (Å²) in [5.41, 5.74) is 0.761. The van der Waals surface area contributed by atoms with Crippen LogP contribution in [0.2, 0.25) is 0 Å². The summed E-state index contributed by atoms with van der Waals surface area (Å²) in [7, 11) is 0. The van der Waals surface area contributed by atoms with Crippen LogP contribution in [0, 0.1) is 12.7 Å². The van der Waals surface area contributed by atoms with Crippen molar-refractivity contribution in [2.45, 2.75) is 25.8 Å². The highest BCUT2D eigenvalue weighted by atomic mass is 19.1. The number of carbonyl (C=O) groups excluding carboxylic acids is 1. The number of halogens is 1. The first kappa shape index (κ1) is 13.7. The van der Waals surface area contributed by atoms with Gasteiger partial charge in [0.25, 0.3) is 11.7 Å². The van der Waals surface area contributed by atoms with Crippen LogP contribution in [-0.2, 0) is 0 Å². The Labute approximate surface area is 120 Å². The molecule has 2 N–H and O–H groups in total. The number of benzene rings is 1. The van der Waals surface area contributed by atoms with Crippen LogP contribution in [0.15, 0.2) is 22.7 Å². The van der Waals surface area contributed by atoms with Gasteiger partial charge in [-0.3, -0.25) is 4.79 Å². The van der Waals surface area contributed by atoms with Gasteiger partial charge in [0, 0.05) is 11.3 Å². The molecule has 1 fully saturated rings. The Hall–Kier alpha value is -2.28. The predicted molar refractivity (Wildman–Crippen MR) is 73.4 cm³/mol. The third-order valence-corrected chi connectivity index (χ3v) is 3.52. The number of amides is 1. The molecule has 1 aliphatic rings. The molecule has 0 radical (unpaired) electrons. The minimum Gasteiger partial charge on any atom is -0.337 e. The number of hydrogen-bond donors (Lipinski definition) is 2. The molecule has 1 unspecified atom stereocenters. The fourth-order valence-corrected chi connectivity index (χ4v) is 2.29. The molecule has 2 heterocycles. The zero-order chi connectivity index (χ0) is 14.8. The quantitative estimate of drug-likeness (QED) is 0.905. The van der Waals surface area contributed by atoms with E-state index in [1.54, 1.807) is 13.0 Å². The van der Waals surface area contributed by atoms with Crippen LogP contribution in [0.25, 0.3) is 0 Å². The second-order valence-electron chi connectivity index (χ2n) is 4.97. The fraction of sp³-hybridized carbons (Fsp3) is 0.357. The molecule has 7 heteroatoms. The minimum atomic E-state index is -0.517. The van der Waals surface area contributed by atoms with Gasteiger partial charge >= 0.3 is 0 Å². The molecule has 0 bridgehead atoms. The lowest BCUT2D eigenvalue weighted by molar-refractivity contribution is 0.101. The SMILES string of the molecule is Cc1c(F)cccc1NC(=O)c1noc(C2CCCN2)n1. The van der Waals surface area contributed by atoms with E-state index >= 15 is 0 Å². The molecule has 1 aromatic heterocycles. The average Bonchev–Trinajstić information content (AvgIpc) is 3.13. The number of nitrogens with one attached hydrogen (secondary N) is 2. The summed E-state index contributed by atoms with van der Waals surface area (Å²) >= 11 is 0. The Bertz CT molecular complexity index is 665. The first-order valence-electron chi connectivity index (χ1n) is 6.78. The van der Waals surface area contributed by atoms with Crippen LogP contribution in [0.1, 0.15) is 41.0 Å². The topological polar surface area (TPSA) is 80.0 Å². The Kier molecular flexibility index (Phi) is 3.66. The van der Waals surface area contributed by atoms with E-state index < -0.39 is 5.91 Å². The molecule has 3 rings (SSSR count). The third-order valence-electron chi connectivity index (χ3n) is 3.52. The van der Waals surface area contributed by atoms with Crippen LogP contribution in [-0.4, -0.2) is 22.6 Å². The van der Waals surface area contributed by atoms with E-state index in [2.05, 4.69) is 20.8 Å². The normalized spacial score (nSPS) is 17.9. The largest absolute Gasteiger partial charge is 0.337 e. The summed E-state index contributed by atoms with van der Waals surface area (Å²) in [4.78, 5) is 16.2. The number of anilines is 1. The van der Waals surface area contributed by atoms with Crippen LogP contribution in [0.4, 0.5) is 10.1 Å². The van der Waals surface area contributed by atoms with Gasteiger partial charge < -0.3 is 15.2 Å². The molecule has 0 aliphatic carbocycles. The maximum Gasteiger partial charge on any atom is 0.297 e. The Morgan fingerprint density at radius 2 is 2.38 bits per heavy atom. The fourth-order valence-electron chi connectivity index (χ4n) is 2.29. The summed E-state index contributed by atoms with van der Waals surface area (Å²) in [6.45, 7) is 2.49.